The molecule has 20 heavy (non-hydrogen) atoms. The maximum absolute atomic E-state index is 5.75. The van der Waals surface area contributed by atoms with Crippen molar-refractivity contribution in [2.24, 2.45) is 11.8 Å². The summed E-state index contributed by atoms with van der Waals surface area (Å²) in [4.78, 5) is 0. The van der Waals surface area contributed by atoms with E-state index in [0.717, 1.165) is 57.3 Å². The quantitative estimate of drug-likeness (QED) is 0.795. The summed E-state index contributed by atoms with van der Waals surface area (Å²) in [5.41, 5.74) is 0. The summed E-state index contributed by atoms with van der Waals surface area (Å²) in [7, 11) is 0. The van der Waals surface area contributed by atoms with E-state index in [4.69, 9.17) is 13.9 Å². The summed E-state index contributed by atoms with van der Waals surface area (Å²) in [6.07, 6.45) is 2.23. The lowest BCUT2D eigenvalue weighted by molar-refractivity contribution is 0.0117. The maximum Gasteiger partial charge on any atom is 0.129 e. The van der Waals surface area contributed by atoms with E-state index in [1.54, 1.807) is 0 Å². The average molecular weight is 281 g/mol. The van der Waals surface area contributed by atoms with E-state index in [2.05, 4.69) is 19.2 Å². The molecule has 1 aromatic heterocycles. The zero-order valence-electron chi connectivity index (χ0n) is 12.7. The molecule has 4 heteroatoms. The van der Waals surface area contributed by atoms with E-state index >= 15 is 0 Å². The van der Waals surface area contributed by atoms with Crippen LogP contribution in [0.5, 0.6) is 0 Å². The van der Waals surface area contributed by atoms with Gasteiger partial charge in [0, 0.05) is 13.2 Å². The first-order valence-corrected chi connectivity index (χ1v) is 7.68. The highest BCUT2D eigenvalue weighted by molar-refractivity contribution is 5.06. The Morgan fingerprint density at radius 1 is 1.25 bits per heavy atom. The Bertz CT molecular complexity index is 370. The molecule has 1 saturated heterocycles. The second-order valence-corrected chi connectivity index (χ2v) is 5.96. The number of nitrogens with one attached hydrogen (secondary N) is 1. The van der Waals surface area contributed by atoms with E-state index in [1.165, 1.54) is 0 Å². The van der Waals surface area contributed by atoms with Gasteiger partial charge in [-0.3, -0.25) is 0 Å². The molecule has 2 rings (SSSR count). The van der Waals surface area contributed by atoms with Crippen LogP contribution in [0.15, 0.2) is 16.5 Å². The Labute approximate surface area is 121 Å². The van der Waals surface area contributed by atoms with Crippen LogP contribution in [0.3, 0.4) is 0 Å². The second kappa shape index (κ2) is 8.45. The van der Waals surface area contributed by atoms with Crippen LogP contribution in [0.1, 0.15) is 38.2 Å². The van der Waals surface area contributed by atoms with Gasteiger partial charge in [0.1, 0.15) is 18.1 Å². The van der Waals surface area contributed by atoms with Gasteiger partial charge >= 0.3 is 0 Å². The molecule has 114 valence electrons. The molecular formula is C16H27NO3. The number of rotatable bonds is 8. The van der Waals surface area contributed by atoms with Gasteiger partial charge in [-0.25, -0.2) is 0 Å². The summed E-state index contributed by atoms with van der Waals surface area (Å²) in [5, 5.41) is 3.37. The van der Waals surface area contributed by atoms with Crippen molar-refractivity contribution < 1.29 is 13.9 Å². The molecule has 0 aromatic carbocycles. The molecule has 1 aliphatic heterocycles. The highest BCUT2D eigenvalue weighted by Gasteiger charge is 2.14. The summed E-state index contributed by atoms with van der Waals surface area (Å²) in [6.45, 7) is 9.33. The van der Waals surface area contributed by atoms with Gasteiger partial charge in [0.05, 0.1) is 13.2 Å². The van der Waals surface area contributed by atoms with Gasteiger partial charge in [0.2, 0.25) is 0 Å². The standard InChI is InChI=1S/C16H27NO3/c1-13(2)9-17-10-15-3-4-16(20-15)12-19-11-14-5-7-18-8-6-14/h3-4,13-14,17H,5-12H2,1-2H3. The first-order chi connectivity index (χ1) is 9.74. The lowest BCUT2D eigenvalue weighted by Gasteiger charge is -2.21. The van der Waals surface area contributed by atoms with Crippen molar-refractivity contribution in [1.29, 1.82) is 0 Å². The predicted molar refractivity (Wildman–Crippen MR) is 78.5 cm³/mol. The monoisotopic (exact) mass is 281 g/mol. The SMILES string of the molecule is CC(C)CNCc1ccc(COCC2CCOCC2)o1. The first kappa shape index (κ1) is 15.5. The number of ether oxygens (including phenoxy) is 2. The Morgan fingerprint density at radius 2 is 2.00 bits per heavy atom. The van der Waals surface area contributed by atoms with Gasteiger partial charge in [-0.05, 0) is 43.4 Å². The zero-order valence-corrected chi connectivity index (χ0v) is 12.7. The molecule has 1 aromatic rings. The van der Waals surface area contributed by atoms with Crippen molar-refractivity contribution >= 4 is 0 Å². The van der Waals surface area contributed by atoms with Gasteiger partial charge in [0.25, 0.3) is 0 Å². The molecule has 1 aliphatic rings. The molecule has 1 N–H and O–H groups in total. The van der Waals surface area contributed by atoms with Gasteiger partial charge in [-0.1, -0.05) is 13.8 Å². The predicted octanol–water partition coefficient (Wildman–Crippen LogP) is 2.97. The summed E-state index contributed by atoms with van der Waals surface area (Å²) in [6, 6.07) is 4.04. The third kappa shape index (κ3) is 5.65. The van der Waals surface area contributed by atoms with Crippen LogP contribution in [-0.4, -0.2) is 26.4 Å². The fraction of sp³-hybridized carbons (Fsp3) is 0.750. The van der Waals surface area contributed by atoms with Crippen LogP contribution >= 0.6 is 0 Å². The third-order valence-electron chi connectivity index (χ3n) is 3.51. The van der Waals surface area contributed by atoms with Crippen molar-refractivity contribution in [3.8, 4) is 0 Å². The highest BCUT2D eigenvalue weighted by atomic mass is 16.5. The van der Waals surface area contributed by atoms with Gasteiger partial charge in [0.15, 0.2) is 0 Å². The minimum atomic E-state index is 0.571. The van der Waals surface area contributed by atoms with E-state index in [9.17, 15) is 0 Å². The first-order valence-electron chi connectivity index (χ1n) is 7.68. The molecule has 4 nitrogen and oxygen atoms in total. The van der Waals surface area contributed by atoms with Crippen molar-refractivity contribution in [3.63, 3.8) is 0 Å². The zero-order chi connectivity index (χ0) is 14.2. The van der Waals surface area contributed by atoms with Gasteiger partial charge in [-0.2, -0.15) is 0 Å². The van der Waals surface area contributed by atoms with Crippen molar-refractivity contribution in [1.82, 2.24) is 5.32 Å². The second-order valence-electron chi connectivity index (χ2n) is 5.96. The van der Waals surface area contributed by atoms with E-state index in [1.807, 2.05) is 12.1 Å². The largest absolute Gasteiger partial charge is 0.462 e. The Balaban J connectivity index is 1.62. The number of furan rings is 1. The molecule has 1 fully saturated rings. The highest BCUT2D eigenvalue weighted by Crippen LogP contribution is 2.16. The Hall–Kier alpha value is -0.840. The van der Waals surface area contributed by atoms with Crippen LogP contribution in [0.4, 0.5) is 0 Å². The van der Waals surface area contributed by atoms with Crippen molar-refractivity contribution in [2.75, 3.05) is 26.4 Å². The fourth-order valence-electron chi connectivity index (χ4n) is 2.32. The van der Waals surface area contributed by atoms with Gasteiger partial charge < -0.3 is 19.2 Å². The molecule has 0 radical (unpaired) electrons. The topological polar surface area (TPSA) is 43.6 Å². The molecule has 0 aliphatic carbocycles. The number of hydrogen-bond donors (Lipinski definition) is 1. The molecule has 0 saturated carbocycles. The van der Waals surface area contributed by atoms with Crippen LogP contribution in [-0.2, 0) is 22.6 Å². The molecule has 0 unspecified atom stereocenters. The average Bonchev–Trinajstić information content (AvgIpc) is 2.87. The maximum atomic E-state index is 5.75. The molecule has 0 amide bonds. The summed E-state index contributed by atoms with van der Waals surface area (Å²) in [5.74, 6) is 3.20. The smallest absolute Gasteiger partial charge is 0.129 e. The van der Waals surface area contributed by atoms with Crippen LogP contribution in [0.25, 0.3) is 0 Å². The molecule has 2 heterocycles. The Kier molecular flexibility index (Phi) is 6.57. The lowest BCUT2D eigenvalue weighted by Crippen LogP contribution is -2.20. The van der Waals surface area contributed by atoms with Crippen LogP contribution < -0.4 is 5.32 Å². The van der Waals surface area contributed by atoms with E-state index in [-0.39, 0.29) is 0 Å². The molecule has 0 atom stereocenters. The molecular weight excluding hydrogens is 254 g/mol. The fourth-order valence-corrected chi connectivity index (χ4v) is 2.32. The summed E-state index contributed by atoms with van der Waals surface area (Å²) < 4.78 is 16.8. The van der Waals surface area contributed by atoms with E-state index < -0.39 is 0 Å². The normalized spacial score (nSPS) is 16.9. The third-order valence-corrected chi connectivity index (χ3v) is 3.51. The van der Waals surface area contributed by atoms with Crippen molar-refractivity contribution in [3.05, 3.63) is 23.7 Å². The minimum Gasteiger partial charge on any atom is -0.462 e. The van der Waals surface area contributed by atoms with Crippen molar-refractivity contribution in [2.45, 2.75) is 39.8 Å². The molecule has 0 bridgehead atoms. The number of hydrogen-bond acceptors (Lipinski definition) is 4. The van der Waals surface area contributed by atoms with Crippen LogP contribution in [0, 0.1) is 11.8 Å². The lowest BCUT2D eigenvalue weighted by atomic mass is 10.0. The van der Waals surface area contributed by atoms with E-state index in [0.29, 0.717) is 18.4 Å². The summed E-state index contributed by atoms with van der Waals surface area (Å²) >= 11 is 0. The van der Waals surface area contributed by atoms with Gasteiger partial charge in [-0.15, -0.1) is 0 Å². The Morgan fingerprint density at radius 3 is 2.75 bits per heavy atom. The molecule has 0 spiro atoms. The van der Waals surface area contributed by atoms with Crippen LogP contribution in [0.2, 0.25) is 0 Å². The minimum absolute atomic E-state index is 0.571.